The lowest BCUT2D eigenvalue weighted by molar-refractivity contribution is 0.104. The first kappa shape index (κ1) is 19.6. The molecule has 0 saturated heterocycles. The highest BCUT2D eigenvalue weighted by atomic mass is 35.5. The summed E-state index contributed by atoms with van der Waals surface area (Å²) in [5.41, 5.74) is 0.731. The minimum Gasteiger partial charge on any atom is -0.454 e. The molecule has 6 nitrogen and oxygen atoms in total. The van der Waals surface area contributed by atoms with Crippen LogP contribution in [0.15, 0.2) is 76.7 Å². The summed E-state index contributed by atoms with van der Waals surface area (Å²) in [5, 5.41) is 0.417. The average molecular weight is 458 g/mol. The van der Waals surface area contributed by atoms with Crippen molar-refractivity contribution in [2.24, 2.45) is 0 Å². The van der Waals surface area contributed by atoms with Gasteiger partial charge in [0.25, 0.3) is 0 Å². The molecule has 156 valence electrons. The van der Waals surface area contributed by atoms with Crippen LogP contribution < -0.4 is 14.4 Å². The summed E-state index contributed by atoms with van der Waals surface area (Å²) in [6.07, 6.45) is 1.20. The fourth-order valence-electron chi connectivity index (χ4n) is 3.45. The number of fused-ring (bicyclic) bond motifs is 2. The number of sulfone groups is 1. The molecule has 5 rings (SSSR count). The van der Waals surface area contributed by atoms with Crippen molar-refractivity contribution in [3.63, 3.8) is 0 Å². The summed E-state index contributed by atoms with van der Waals surface area (Å²) in [6.45, 7) is 0.0640. The zero-order valence-electron chi connectivity index (χ0n) is 15.7. The molecule has 0 fully saturated rings. The maximum atomic E-state index is 14.0. The molecule has 9 heteroatoms. The van der Waals surface area contributed by atoms with Gasteiger partial charge in [-0.1, -0.05) is 11.6 Å². The van der Waals surface area contributed by atoms with Crippen LogP contribution in [0, 0.1) is 5.82 Å². The molecule has 0 spiro atoms. The third-order valence-electron chi connectivity index (χ3n) is 4.97. The first-order valence-electron chi connectivity index (χ1n) is 9.10. The van der Waals surface area contributed by atoms with Gasteiger partial charge in [0.05, 0.1) is 10.6 Å². The number of nitrogens with zero attached hydrogens (tertiary/aromatic N) is 1. The molecule has 0 aromatic heterocycles. The van der Waals surface area contributed by atoms with Crippen LogP contribution in [0.25, 0.3) is 0 Å². The van der Waals surface area contributed by atoms with E-state index in [1.165, 1.54) is 35.4 Å². The number of hydrogen-bond acceptors (Lipinski definition) is 6. The van der Waals surface area contributed by atoms with Crippen LogP contribution in [0.2, 0.25) is 5.02 Å². The van der Waals surface area contributed by atoms with E-state index in [0.29, 0.717) is 22.2 Å². The highest BCUT2D eigenvalue weighted by Gasteiger charge is 2.36. The van der Waals surface area contributed by atoms with Gasteiger partial charge >= 0.3 is 0 Å². The highest BCUT2D eigenvalue weighted by Crippen LogP contribution is 2.43. The molecule has 0 aliphatic carbocycles. The van der Waals surface area contributed by atoms with Gasteiger partial charge in [0.15, 0.2) is 11.5 Å². The highest BCUT2D eigenvalue weighted by molar-refractivity contribution is 7.96. The molecule has 0 saturated carbocycles. The standard InChI is InChI=1S/C22H13ClFNO5S/c23-14-3-1-13(2-4-14)22(26)21-11-25(16-6-7-18-19(10-16)30-12-29-18)17-9-15(24)5-8-20(17)31(21,27)28/h1-11H,12H2. The second-order valence-electron chi connectivity index (χ2n) is 6.85. The minimum absolute atomic E-state index is 0.0640. The smallest absolute Gasteiger partial charge is 0.231 e. The lowest BCUT2D eigenvalue weighted by Gasteiger charge is -2.29. The monoisotopic (exact) mass is 457 g/mol. The maximum Gasteiger partial charge on any atom is 0.231 e. The van der Waals surface area contributed by atoms with E-state index >= 15 is 0 Å². The lowest BCUT2D eigenvalue weighted by Crippen LogP contribution is -2.26. The van der Waals surface area contributed by atoms with Crippen LogP contribution in [0.3, 0.4) is 0 Å². The summed E-state index contributed by atoms with van der Waals surface area (Å²) in [6, 6.07) is 14.2. The molecule has 3 aromatic carbocycles. The SMILES string of the molecule is O=C(C1=CN(c2ccc3c(c2)OCO3)c2cc(F)ccc2S1(=O)=O)c1ccc(Cl)cc1. The Hall–Kier alpha value is -3.36. The second kappa shape index (κ2) is 7.11. The maximum absolute atomic E-state index is 14.0. The molecule has 2 heterocycles. The Morgan fingerprint density at radius 3 is 2.48 bits per heavy atom. The van der Waals surface area contributed by atoms with E-state index in [9.17, 15) is 17.6 Å². The van der Waals surface area contributed by atoms with Crippen molar-refractivity contribution >= 4 is 38.6 Å². The molecular weight excluding hydrogens is 445 g/mol. The predicted molar refractivity (Wildman–Crippen MR) is 112 cm³/mol. The molecule has 0 N–H and O–H groups in total. The van der Waals surface area contributed by atoms with Crippen molar-refractivity contribution in [3.8, 4) is 11.5 Å². The van der Waals surface area contributed by atoms with E-state index in [-0.39, 0.29) is 22.9 Å². The fourth-order valence-corrected chi connectivity index (χ4v) is 5.10. The lowest BCUT2D eigenvalue weighted by atomic mass is 10.1. The molecule has 31 heavy (non-hydrogen) atoms. The normalized spacial score (nSPS) is 15.9. The number of hydrogen-bond donors (Lipinski definition) is 0. The van der Waals surface area contributed by atoms with Crippen LogP contribution in [0.1, 0.15) is 10.4 Å². The van der Waals surface area contributed by atoms with Crippen molar-refractivity contribution in [2.75, 3.05) is 11.7 Å². The van der Waals surface area contributed by atoms with E-state index < -0.39 is 26.3 Å². The predicted octanol–water partition coefficient (Wildman–Crippen LogP) is 4.86. The molecule has 3 aromatic rings. The van der Waals surface area contributed by atoms with Crippen LogP contribution in [-0.4, -0.2) is 21.0 Å². The second-order valence-corrected chi connectivity index (χ2v) is 9.18. The number of ketones is 1. The van der Waals surface area contributed by atoms with E-state index in [4.69, 9.17) is 21.1 Å². The van der Waals surface area contributed by atoms with Gasteiger partial charge in [-0.15, -0.1) is 0 Å². The Bertz CT molecular complexity index is 1370. The summed E-state index contributed by atoms with van der Waals surface area (Å²) >= 11 is 5.88. The molecule has 2 aliphatic heterocycles. The van der Waals surface area contributed by atoms with Crippen LogP contribution in [-0.2, 0) is 9.84 Å². The zero-order valence-corrected chi connectivity index (χ0v) is 17.3. The van der Waals surface area contributed by atoms with Crippen LogP contribution in [0.4, 0.5) is 15.8 Å². The quantitative estimate of drug-likeness (QED) is 0.413. The number of Topliss-reactive ketones (excluding diaryl/α,β-unsaturated/α-hetero) is 1. The Balaban J connectivity index is 1.70. The van der Waals surface area contributed by atoms with Crippen molar-refractivity contribution in [3.05, 3.63) is 88.2 Å². The number of allylic oxidation sites excluding steroid dienone is 1. The molecular formula is C22H13ClFNO5S. The number of anilines is 2. The number of benzene rings is 3. The van der Waals surface area contributed by atoms with Gasteiger partial charge in [0, 0.05) is 28.5 Å². The Morgan fingerprint density at radius 1 is 0.968 bits per heavy atom. The first-order chi connectivity index (χ1) is 14.8. The van der Waals surface area contributed by atoms with Gasteiger partial charge < -0.3 is 14.4 Å². The number of ether oxygens (including phenoxy) is 2. The van der Waals surface area contributed by atoms with Gasteiger partial charge in [0.1, 0.15) is 10.7 Å². The van der Waals surface area contributed by atoms with Crippen LogP contribution >= 0.6 is 11.6 Å². The zero-order chi connectivity index (χ0) is 21.8. The molecule has 0 unspecified atom stereocenters. The van der Waals surface area contributed by atoms with E-state index in [1.54, 1.807) is 18.2 Å². The Labute approximate surface area is 182 Å². The summed E-state index contributed by atoms with van der Waals surface area (Å²) in [5.74, 6) is -0.310. The van der Waals surface area contributed by atoms with Gasteiger partial charge in [0.2, 0.25) is 22.4 Å². The molecule has 0 amide bonds. The fraction of sp³-hybridized carbons (Fsp3) is 0.0455. The third kappa shape index (κ3) is 3.24. The van der Waals surface area contributed by atoms with E-state index in [2.05, 4.69) is 0 Å². The van der Waals surface area contributed by atoms with Crippen LogP contribution in [0.5, 0.6) is 11.5 Å². The number of rotatable bonds is 3. The van der Waals surface area contributed by atoms with E-state index in [0.717, 1.165) is 18.2 Å². The molecule has 0 atom stereocenters. The average Bonchev–Trinajstić information content (AvgIpc) is 3.21. The van der Waals surface area contributed by atoms with Crippen molar-refractivity contribution in [1.82, 2.24) is 0 Å². The van der Waals surface area contributed by atoms with Gasteiger partial charge in [-0.05, 0) is 54.6 Å². The number of carbonyl (C=O) groups is 1. The molecule has 0 radical (unpaired) electrons. The van der Waals surface area contributed by atoms with Gasteiger partial charge in [-0.3, -0.25) is 4.79 Å². The van der Waals surface area contributed by atoms with Gasteiger partial charge in [-0.25, -0.2) is 12.8 Å². The topological polar surface area (TPSA) is 72.9 Å². The summed E-state index contributed by atoms with van der Waals surface area (Å²) in [4.78, 5) is 14.0. The van der Waals surface area contributed by atoms with Crippen molar-refractivity contribution < 1.29 is 27.1 Å². The molecule has 2 aliphatic rings. The number of halogens is 2. The Kier molecular flexibility index (Phi) is 4.49. The number of carbonyl (C=O) groups excluding carboxylic acids is 1. The van der Waals surface area contributed by atoms with Crippen molar-refractivity contribution in [1.29, 1.82) is 0 Å². The van der Waals surface area contributed by atoms with Crippen molar-refractivity contribution in [2.45, 2.75) is 4.90 Å². The van der Waals surface area contributed by atoms with E-state index in [1.807, 2.05) is 0 Å². The minimum atomic E-state index is -4.20. The Morgan fingerprint density at radius 2 is 1.71 bits per heavy atom. The van der Waals surface area contributed by atoms with Gasteiger partial charge in [-0.2, -0.15) is 0 Å². The largest absolute Gasteiger partial charge is 0.454 e. The third-order valence-corrected chi connectivity index (χ3v) is 7.02. The first-order valence-corrected chi connectivity index (χ1v) is 11.0. The summed E-state index contributed by atoms with van der Waals surface area (Å²) < 4.78 is 51.3. The summed E-state index contributed by atoms with van der Waals surface area (Å²) in [7, 11) is -4.20. The molecule has 0 bridgehead atoms.